The van der Waals surface area contributed by atoms with E-state index in [1.807, 2.05) is 61.8 Å². The molecular formula is C28H28N4O2. The molecule has 0 fully saturated rings. The van der Waals surface area contributed by atoms with E-state index in [1.54, 1.807) is 0 Å². The maximum Gasteiger partial charge on any atom is 0.152 e. The van der Waals surface area contributed by atoms with Crippen molar-refractivity contribution in [1.82, 2.24) is 14.5 Å². The Bertz CT molecular complexity index is 1380. The first-order chi connectivity index (χ1) is 16.7. The van der Waals surface area contributed by atoms with E-state index in [2.05, 4.69) is 44.9 Å². The van der Waals surface area contributed by atoms with Crippen LogP contribution < -0.4 is 10.5 Å². The quantitative estimate of drug-likeness (QED) is 0.317. The fourth-order valence-electron chi connectivity index (χ4n) is 4.27. The zero-order valence-corrected chi connectivity index (χ0v) is 19.2. The van der Waals surface area contributed by atoms with E-state index in [1.165, 1.54) is 5.56 Å². The van der Waals surface area contributed by atoms with Gasteiger partial charge >= 0.3 is 0 Å². The summed E-state index contributed by atoms with van der Waals surface area (Å²) in [5.41, 5.74) is 11.2. The molecule has 0 bridgehead atoms. The predicted octanol–water partition coefficient (Wildman–Crippen LogP) is 5.57. The molecule has 3 aromatic carbocycles. The maximum atomic E-state index is 6.24. The highest BCUT2D eigenvalue weighted by molar-refractivity contribution is 6.06. The first-order valence-corrected chi connectivity index (χ1v) is 11.6. The molecule has 34 heavy (non-hydrogen) atoms. The Kier molecular flexibility index (Phi) is 6.40. The summed E-state index contributed by atoms with van der Waals surface area (Å²) in [6.45, 7) is 3.79. The van der Waals surface area contributed by atoms with E-state index < -0.39 is 0 Å². The van der Waals surface area contributed by atoms with Gasteiger partial charge in [-0.05, 0) is 42.7 Å². The first kappa shape index (κ1) is 21.9. The summed E-state index contributed by atoms with van der Waals surface area (Å²) in [6, 6.07) is 26.6. The smallest absolute Gasteiger partial charge is 0.152 e. The average molecular weight is 453 g/mol. The van der Waals surface area contributed by atoms with E-state index in [0.29, 0.717) is 25.6 Å². The van der Waals surface area contributed by atoms with Crippen molar-refractivity contribution in [3.05, 3.63) is 96.3 Å². The van der Waals surface area contributed by atoms with Gasteiger partial charge in [0, 0.05) is 12.0 Å². The zero-order valence-electron chi connectivity index (χ0n) is 19.2. The lowest BCUT2D eigenvalue weighted by atomic mass is 10.1. The lowest BCUT2D eigenvalue weighted by Crippen LogP contribution is -2.18. The van der Waals surface area contributed by atoms with Gasteiger partial charge in [-0.2, -0.15) is 0 Å². The minimum atomic E-state index is 0.0613. The summed E-state index contributed by atoms with van der Waals surface area (Å²) in [5.74, 6) is 1.30. The molecule has 2 aromatic heterocycles. The van der Waals surface area contributed by atoms with Gasteiger partial charge in [-0.15, -0.1) is 0 Å². The second-order valence-electron chi connectivity index (χ2n) is 8.30. The predicted molar refractivity (Wildman–Crippen MR) is 136 cm³/mol. The molecule has 0 aliphatic rings. The van der Waals surface area contributed by atoms with Gasteiger partial charge in [0.15, 0.2) is 5.82 Å². The number of aromatic nitrogens is 3. The van der Waals surface area contributed by atoms with Crippen LogP contribution in [0.25, 0.3) is 21.9 Å². The van der Waals surface area contributed by atoms with Crippen molar-refractivity contribution < 1.29 is 9.47 Å². The minimum Gasteiger partial charge on any atom is -0.489 e. The number of benzene rings is 3. The molecule has 0 radical (unpaired) electrons. The van der Waals surface area contributed by atoms with Crippen molar-refractivity contribution in [2.45, 2.75) is 26.0 Å². The molecule has 0 spiro atoms. The largest absolute Gasteiger partial charge is 0.489 e. The summed E-state index contributed by atoms with van der Waals surface area (Å²) >= 11 is 0. The number of fused-ring (bicyclic) bond motifs is 3. The summed E-state index contributed by atoms with van der Waals surface area (Å²) in [6.07, 6.45) is 2.65. The third-order valence-corrected chi connectivity index (χ3v) is 5.99. The standard InChI is InChI=1S/C28H28N4O2/c1-2-33-18-22(16-20-12-14-23(15-13-20)34-17-21-8-4-3-5-9-21)32-19-30-26-27(32)24-10-6-7-11-25(24)31-28(26)29/h3-15,19,22H,2,16-18H2,1H3,(H2,29,31)/t22-/m0/s1. The lowest BCUT2D eigenvalue weighted by molar-refractivity contribution is 0.114. The highest BCUT2D eigenvalue weighted by Gasteiger charge is 2.19. The van der Waals surface area contributed by atoms with Gasteiger partial charge in [0.25, 0.3) is 0 Å². The molecular weight excluding hydrogens is 424 g/mol. The Morgan fingerprint density at radius 3 is 2.47 bits per heavy atom. The van der Waals surface area contributed by atoms with Gasteiger partial charge in [-0.3, -0.25) is 0 Å². The molecule has 6 nitrogen and oxygen atoms in total. The van der Waals surface area contributed by atoms with Crippen molar-refractivity contribution in [1.29, 1.82) is 0 Å². The Balaban J connectivity index is 1.41. The van der Waals surface area contributed by atoms with Crippen LogP contribution in [0.3, 0.4) is 0 Å². The second-order valence-corrected chi connectivity index (χ2v) is 8.30. The number of nitrogens with zero attached hydrogens (tertiary/aromatic N) is 3. The molecule has 6 heteroatoms. The molecule has 5 rings (SSSR count). The summed E-state index contributed by atoms with van der Waals surface area (Å²) < 4.78 is 14.0. The van der Waals surface area contributed by atoms with Crippen LogP contribution in [-0.4, -0.2) is 27.7 Å². The van der Waals surface area contributed by atoms with Crippen LogP contribution in [0.5, 0.6) is 5.75 Å². The van der Waals surface area contributed by atoms with Crippen molar-refractivity contribution in [3.63, 3.8) is 0 Å². The normalized spacial score (nSPS) is 12.3. The van der Waals surface area contributed by atoms with E-state index in [0.717, 1.165) is 39.7 Å². The van der Waals surface area contributed by atoms with Crippen LogP contribution in [-0.2, 0) is 17.8 Å². The van der Waals surface area contributed by atoms with Crippen LogP contribution in [0, 0.1) is 0 Å². The van der Waals surface area contributed by atoms with Crippen LogP contribution in [0.1, 0.15) is 24.1 Å². The highest BCUT2D eigenvalue weighted by Crippen LogP contribution is 2.30. The molecule has 0 saturated carbocycles. The van der Waals surface area contributed by atoms with Crippen molar-refractivity contribution in [3.8, 4) is 5.75 Å². The molecule has 172 valence electrons. The average Bonchev–Trinajstić information content (AvgIpc) is 3.33. The summed E-state index contributed by atoms with van der Waals surface area (Å²) in [7, 11) is 0. The number of ether oxygens (including phenoxy) is 2. The third-order valence-electron chi connectivity index (χ3n) is 5.99. The number of nitrogens with two attached hydrogens (primary N) is 1. The second kappa shape index (κ2) is 9.93. The van der Waals surface area contributed by atoms with Crippen molar-refractivity contribution >= 4 is 27.8 Å². The van der Waals surface area contributed by atoms with Gasteiger partial charge in [0.2, 0.25) is 0 Å². The van der Waals surface area contributed by atoms with Crippen LogP contribution in [0.15, 0.2) is 85.2 Å². The number of pyridine rings is 1. The fraction of sp³-hybridized carbons (Fsp3) is 0.214. The van der Waals surface area contributed by atoms with E-state index in [-0.39, 0.29) is 6.04 Å². The van der Waals surface area contributed by atoms with E-state index in [4.69, 9.17) is 15.2 Å². The number of hydrogen-bond acceptors (Lipinski definition) is 5. The van der Waals surface area contributed by atoms with Gasteiger partial charge in [-0.25, -0.2) is 9.97 Å². The fourth-order valence-corrected chi connectivity index (χ4v) is 4.27. The lowest BCUT2D eigenvalue weighted by Gasteiger charge is -2.20. The number of anilines is 1. The van der Waals surface area contributed by atoms with Crippen molar-refractivity contribution in [2.24, 2.45) is 0 Å². The molecule has 0 unspecified atom stereocenters. The number of imidazole rings is 1. The van der Waals surface area contributed by atoms with Gasteiger partial charge < -0.3 is 19.8 Å². The van der Waals surface area contributed by atoms with Crippen LogP contribution >= 0.6 is 0 Å². The maximum absolute atomic E-state index is 6.24. The Morgan fingerprint density at radius 1 is 0.912 bits per heavy atom. The van der Waals surface area contributed by atoms with Crippen LogP contribution in [0.4, 0.5) is 5.82 Å². The first-order valence-electron chi connectivity index (χ1n) is 11.6. The molecule has 0 saturated heterocycles. The van der Waals surface area contributed by atoms with Crippen molar-refractivity contribution in [2.75, 3.05) is 18.9 Å². The van der Waals surface area contributed by atoms with Gasteiger partial charge in [0.05, 0.1) is 30.0 Å². The topological polar surface area (TPSA) is 75.2 Å². The van der Waals surface area contributed by atoms with E-state index in [9.17, 15) is 0 Å². The summed E-state index contributed by atoms with van der Waals surface area (Å²) in [5, 5.41) is 1.04. The third kappa shape index (κ3) is 4.58. The number of para-hydroxylation sites is 1. The van der Waals surface area contributed by atoms with Gasteiger partial charge in [0.1, 0.15) is 17.9 Å². The molecule has 0 aliphatic carbocycles. The molecule has 2 heterocycles. The summed E-state index contributed by atoms with van der Waals surface area (Å²) in [4.78, 5) is 9.13. The number of nitrogen functional groups attached to an aromatic ring is 1. The number of hydrogen-bond donors (Lipinski definition) is 1. The molecule has 1 atom stereocenters. The zero-order chi connectivity index (χ0) is 23.3. The van der Waals surface area contributed by atoms with E-state index >= 15 is 0 Å². The molecule has 0 amide bonds. The molecule has 5 aromatic rings. The SMILES string of the molecule is CCOC[C@H](Cc1ccc(OCc2ccccc2)cc1)n1cnc2c(N)nc3ccccc3c21. The van der Waals surface area contributed by atoms with Gasteiger partial charge in [-0.1, -0.05) is 60.7 Å². The monoisotopic (exact) mass is 452 g/mol. The molecule has 2 N–H and O–H groups in total. The Hall–Kier alpha value is -3.90. The highest BCUT2D eigenvalue weighted by atomic mass is 16.5. The molecule has 0 aliphatic heterocycles. The Labute approximate surface area is 199 Å². The minimum absolute atomic E-state index is 0.0613. The Morgan fingerprint density at radius 2 is 1.68 bits per heavy atom. The number of rotatable bonds is 9. The van der Waals surface area contributed by atoms with Crippen LogP contribution in [0.2, 0.25) is 0 Å².